The van der Waals surface area contributed by atoms with Crippen molar-refractivity contribution in [2.24, 2.45) is 0 Å². The van der Waals surface area contributed by atoms with Crippen molar-refractivity contribution in [1.29, 1.82) is 0 Å². The van der Waals surface area contributed by atoms with Crippen LogP contribution in [0.25, 0.3) is 0 Å². The standard InChI is InChI=1S/C10H15F2N3O/c1-3-4-13-7(9(11)12)8-10(16-2)15-6-5-14-8/h5-7,9,13H,3-4H2,1-2H3. The Morgan fingerprint density at radius 1 is 1.38 bits per heavy atom. The number of alkyl halides is 2. The smallest absolute Gasteiger partial charge is 0.259 e. The maximum absolute atomic E-state index is 12.8. The second kappa shape index (κ2) is 6.32. The lowest BCUT2D eigenvalue weighted by Gasteiger charge is -2.18. The van der Waals surface area contributed by atoms with E-state index in [-0.39, 0.29) is 11.6 Å². The molecule has 1 N–H and O–H groups in total. The third-order valence-corrected chi connectivity index (χ3v) is 2.05. The molecule has 0 radical (unpaired) electrons. The van der Waals surface area contributed by atoms with Crippen molar-refractivity contribution < 1.29 is 13.5 Å². The number of halogens is 2. The molecule has 0 aliphatic heterocycles. The zero-order valence-electron chi connectivity index (χ0n) is 9.28. The van der Waals surface area contributed by atoms with Gasteiger partial charge in [-0.15, -0.1) is 0 Å². The average molecular weight is 231 g/mol. The molecule has 1 aromatic rings. The molecule has 1 aromatic heterocycles. The van der Waals surface area contributed by atoms with Crippen molar-refractivity contribution in [2.45, 2.75) is 25.8 Å². The summed E-state index contributed by atoms with van der Waals surface area (Å²) in [5.41, 5.74) is 0.147. The van der Waals surface area contributed by atoms with E-state index in [0.29, 0.717) is 6.54 Å². The zero-order chi connectivity index (χ0) is 12.0. The highest BCUT2D eigenvalue weighted by molar-refractivity contribution is 5.21. The van der Waals surface area contributed by atoms with Gasteiger partial charge in [0, 0.05) is 12.4 Å². The van der Waals surface area contributed by atoms with Crippen LogP contribution in [0.5, 0.6) is 5.88 Å². The number of methoxy groups -OCH3 is 1. The van der Waals surface area contributed by atoms with Crippen LogP contribution in [-0.2, 0) is 0 Å². The molecular weight excluding hydrogens is 216 g/mol. The van der Waals surface area contributed by atoms with Gasteiger partial charge in [0.15, 0.2) is 0 Å². The fraction of sp³-hybridized carbons (Fsp3) is 0.600. The van der Waals surface area contributed by atoms with Crippen LogP contribution in [0.1, 0.15) is 25.1 Å². The Morgan fingerprint density at radius 3 is 2.62 bits per heavy atom. The van der Waals surface area contributed by atoms with Crippen LogP contribution in [0.4, 0.5) is 8.78 Å². The van der Waals surface area contributed by atoms with Crippen LogP contribution in [0.3, 0.4) is 0 Å². The van der Waals surface area contributed by atoms with Crippen LogP contribution in [0, 0.1) is 0 Å². The van der Waals surface area contributed by atoms with Gasteiger partial charge in [-0.05, 0) is 13.0 Å². The predicted molar refractivity (Wildman–Crippen MR) is 55.6 cm³/mol. The Labute approximate surface area is 93.1 Å². The molecule has 0 fully saturated rings. The van der Waals surface area contributed by atoms with Crippen molar-refractivity contribution in [3.63, 3.8) is 0 Å². The molecule has 1 heterocycles. The summed E-state index contributed by atoms with van der Waals surface area (Å²) < 4.78 is 30.6. The maximum atomic E-state index is 12.8. The summed E-state index contributed by atoms with van der Waals surface area (Å²) in [7, 11) is 1.38. The molecule has 1 unspecified atom stereocenters. The Morgan fingerprint density at radius 2 is 2.06 bits per heavy atom. The first-order valence-electron chi connectivity index (χ1n) is 5.07. The van der Waals surface area contributed by atoms with Crippen LogP contribution < -0.4 is 10.1 Å². The monoisotopic (exact) mass is 231 g/mol. The van der Waals surface area contributed by atoms with E-state index >= 15 is 0 Å². The van der Waals surface area contributed by atoms with Gasteiger partial charge in [0.25, 0.3) is 6.43 Å². The normalized spacial score (nSPS) is 12.8. The van der Waals surface area contributed by atoms with Gasteiger partial charge in [-0.3, -0.25) is 4.98 Å². The summed E-state index contributed by atoms with van der Waals surface area (Å²) in [4.78, 5) is 7.74. The molecule has 1 atom stereocenters. The van der Waals surface area contributed by atoms with Gasteiger partial charge in [0.05, 0.1) is 7.11 Å². The molecule has 0 aromatic carbocycles. The number of ether oxygens (including phenoxy) is 1. The number of rotatable bonds is 6. The number of aromatic nitrogens is 2. The highest BCUT2D eigenvalue weighted by Gasteiger charge is 2.26. The Bertz CT molecular complexity index is 323. The van der Waals surface area contributed by atoms with E-state index in [9.17, 15) is 8.78 Å². The minimum atomic E-state index is -2.54. The molecule has 0 bridgehead atoms. The van der Waals surface area contributed by atoms with Gasteiger partial charge in [-0.1, -0.05) is 6.92 Å². The summed E-state index contributed by atoms with van der Waals surface area (Å²) in [5.74, 6) is 0.136. The van der Waals surface area contributed by atoms with Crippen LogP contribution in [-0.4, -0.2) is 30.0 Å². The third kappa shape index (κ3) is 3.10. The summed E-state index contributed by atoms with van der Waals surface area (Å²) in [6, 6.07) is -1.14. The molecule has 0 saturated heterocycles. The average Bonchev–Trinajstić information content (AvgIpc) is 2.29. The van der Waals surface area contributed by atoms with Crippen LogP contribution >= 0.6 is 0 Å². The molecular formula is C10H15F2N3O. The van der Waals surface area contributed by atoms with Gasteiger partial charge >= 0.3 is 0 Å². The zero-order valence-corrected chi connectivity index (χ0v) is 9.28. The quantitative estimate of drug-likeness (QED) is 0.810. The minimum absolute atomic E-state index is 0.136. The largest absolute Gasteiger partial charge is 0.480 e. The molecule has 1 rings (SSSR count). The van der Waals surface area contributed by atoms with Gasteiger partial charge < -0.3 is 10.1 Å². The molecule has 90 valence electrons. The first kappa shape index (κ1) is 12.8. The predicted octanol–water partition coefficient (Wildman–Crippen LogP) is 1.79. The molecule has 4 nitrogen and oxygen atoms in total. The first-order valence-corrected chi connectivity index (χ1v) is 5.07. The van der Waals surface area contributed by atoms with E-state index < -0.39 is 12.5 Å². The van der Waals surface area contributed by atoms with Gasteiger partial charge in [-0.25, -0.2) is 13.8 Å². The maximum Gasteiger partial charge on any atom is 0.259 e. The first-order chi connectivity index (χ1) is 7.70. The van der Waals surface area contributed by atoms with Crippen molar-refractivity contribution in [2.75, 3.05) is 13.7 Å². The Balaban J connectivity index is 2.91. The van der Waals surface area contributed by atoms with Crippen molar-refractivity contribution >= 4 is 0 Å². The highest BCUT2D eigenvalue weighted by atomic mass is 19.3. The minimum Gasteiger partial charge on any atom is -0.480 e. The van der Waals surface area contributed by atoms with Crippen LogP contribution in [0.2, 0.25) is 0 Å². The highest BCUT2D eigenvalue weighted by Crippen LogP contribution is 2.24. The molecule has 0 spiro atoms. The summed E-state index contributed by atoms with van der Waals surface area (Å²) >= 11 is 0. The van der Waals surface area contributed by atoms with Crippen LogP contribution in [0.15, 0.2) is 12.4 Å². The van der Waals surface area contributed by atoms with Crippen molar-refractivity contribution in [3.05, 3.63) is 18.1 Å². The summed E-state index contributed by atoms with van der Waals surface area (Å²) in [6.07, 6.45) is 1.01. The lowest BCUT2D eigenvalue weighted by Crippen LogP contribution is -2.29. The number of hydrogen-bond donors (Lipinski definition) is 1. The third-order valence-electron chi connectivity index (χ3n) is 2.05. The van der Waals surface area contributed by atoms with E-state index in [1.807, 2.05) is 6.92 Å². The van der Waals surface area contributed by atoms with Gasteiger partial charge in [0.1, 0.15) is 11.7 Å². The van der Waals surface area contributed by atoms with E-state index in [1.54, 1.807) is 0 Å². The molecule has 6 heteroatoms. The second-order valence-corrected chi connectivity index (χ2v) is 3.22. The summed E-state index contributed by atoms with van der Waals surface area (Å²) in [5, 5.41) is 2.73. The number of hydrogen-bond acceptors (Lipinski definition) is 4. The Hall–Kier alpha value is -1.30. The van der Waals surface area contributed by atoms with E-state index in [2.05, 4.69) is 15.3 Å². The molecule has 16 heavy (non-hydrogen) atoms. The fourth-order valence-corrected chi connectivity index (χ4v) is 1.31. The lowest BCUT2D eigenvalue weighted by atomic mass is 10.2. The lowest BCUT2D eigenvalue weighted by molar-refractivity contribution is 0.0947. The van der Waals surface area contributed by atoms with Crippen molar-refractivity contribution in [1.82, 2.24) is 15.3 Å². The van der Waals surface area contributed by atoms with Crippen molar-refractivity contribution in [3.8, 4) is 5.88 Å². The topological polar surface area (TPSA) is 47.0 Å². The Kier molecular flexibility index (Phi) is 5.04. The van der Waals surface area contributed by atoms with E-state index in [1.165, 1.54) is 19.5 Å². The number of nitrogens with one attached hydrogen (secondary N) is 1. The molecule has 0 aliphatic carbocycles. The molecule has 0 saturated carbocycles. The SMILES string of the molecule is CCCNC(c1nccnc1OC)C(F)F. The van der Waals surface area contributed by atoms with E-state index in [0.717, 1.165) is 6.42 Å². The number of nitrogens with zero attached hydrogens (tertiary/aromatic N) is 2. The summed E-state index contributed by atoms with van der Waals surface area (Å²) in [6.45, 7) is 2.40. The fourth-order valence-electron chi connectivity index (χ4n) is 1.31. The second-order valence-electron chi connectivity index (χ2n) is 3.22. The van der Waals surface area contributed by atoms with E-state index in [4.69, 9.17) is 4.74 Å². The van der Waals surface area contributed by atoms with Gasteiger partial charge in [-0.2, -0.15) is 0 Å². The molecule has 0 amide bonds. The molecule has 0 aliphatic rings. The van der Waals surface area contributed by atoms with Gasteiger partial charge in [0.2, 0.25) is 5.88 Å².